The van der Waals surface area contributed by atoms with Crippen molar-refractivity contribution in [1.29, 1.82) is 0 Å². The van der Waals surface area contributed by atoms with E-state index in [1.807, 2.05) is 6.07 Å². The van der Waals surface area contributed by atoms with Gasteiger partial charge in [0.2, 0.25) is 5.91 Å². The first-order valence-electron chi connectivity index (χ1n) is 9.13. The smallest absolute Gasteiger partial charge is 0.548 e. The minimum Gasteiger partial charge on any atom is -0.548 e. The van der Waals surface area contributed by atoms with Gasteiger partial charge in [-0.1, -0.05) is 48.2 Å². The van der Waals surface area contributed by atoms with Gasteiger partial charge >= 0.3 is 29.6 Å². The first-order chi connectivity index (χ1) is 14.8. The van der Waals surface area contributed by atoms with Gasteiger partial charge in [-0.3, -0.25) is 15.6 Å². The van der Waals surface area contributed by atoms with Crippen LogP contribution in [0.4, 0.5) is 11.4 Å². The molecule has 1 unspecified atom stereocenters. The number of nitrogens with zero attached hydrogens (tertiary/aromatic N) is 1. The van der Waals surface area contributed by atoms with Crippen molar-refractivity contribution in [3.63, 3.8) is 0 Å². The van der Waals surface area contributed by atoms with E-state index in [9.17, 15) is 19.8 Å². The van der Waals surface area contributed by atoms with Crippen molar-refractivity contribution in [3.05, 3.63) is 59.1 Å². The van der Waals surface area contributed by atoms with Crippen molar-refractivity contribution < 1.29 is 49.4 Å². The maximum atomic E-state index is 12.7. The molecule has 4 N–H and O–H groups in total. The van der Waals surface area contributed by atoms with Crippen LogP contribution in [-0.2, 0) is 9.59 Å². The van der Waals surface area contributed by atoms with Crippen molar-refractivity contribution in [2.75, 3.05) is 23.4 Å². The molecule has 0 saturated carbocycles. The summed E-state index contributed by atoms with van der Waals surface area (Å²) in [5.41, 5.74) is 7.30. The van der Waals surface area contributed by atoms with Crippen molar-refractivity contribution >= 4 is 69.3 Å². The molecule has 32 heavy (non-hydrogen) atoms. The van der Waals surface area contributed by atoms with Crippen LogP contribution in [0.2, 0.25) is 5.02 Å². The summed E-state index contributed by atoms with van der Waals surface area (Å²) < 4.78 is 0. The summed E-state index contributed by atoms with van der Waals surface area (Å²) in [6, 6.07) is 11.9. The van der Waals surface area contributed by atoms with E-state index in [-0.39, 0.29) is 42.0 Å². The number of amides is 1. The molecular weight excluding hydrogens is 483 g/mol. The molecule has 1 fully saturated rings. The number of hydrogen-bond donors (Lipinski definition) is 4. The number of aliphatic carboxylic acids is 1. The van der Waals surface area contributed by atoms with Crippen molar-refractivity contribution in [3.8, 4) is 0 Å². The average molecular weight is 501 g/mol. The van der Waals surface area contributed by atoms with Crippen molar-refractivity contribution in [2.45, 2.75) is 12.0 Å². The number of aliphatic hydroxyl groups excluding tert-OH is 1. The fourth-order valence-electron chi connectivity index (χ4n) is 3.15. The average Bonchev–Trinajstić information content (AvgIpc) is 3.06. The quantitative estimate of drug-likeness (QED) is 0.235. The van der Waals surface area contributed by atoms with E-state index in [1.165, 1.54) is 4.90 Å². The first kappa shape index (κ1) is 26.5. The molecule has 0 aromatic heterocycles. The van der Waals surface area contributed by atoms with Gasteiger partial charge in [-0.05, 0) is 42.0 Å². The number of hydrogen-bond acceptors (Lipinski definition) is 7. The molecule has 2 aromatic rings. The zero-order chi connectivity index (χ0) is 22.5. The van der Waals surface area contributed by atoms with Gasteiger partial charge in [-0.25, -0.2) is 0 Å². The number of halogens is 1. The van der Waals surface area contributed by atoms with Gasteiger partial charge in [0.25, 0.3) is 0 Å². The van der Waals surface area contributed by atoms with Gasteiger partial charge in [0.1, 0.15) is 9.98 Å². The molecule has 3 rings (SSSR count). The molecule has 162 valence electrons. The molecule has 1 atom stereocenters. The molecule has 2 aromatic carbocycles. The standard InChI is InChI=1S/C20H19ClN4O4S2.Na/c21-12-4-6-14(7-5-12)25(15(10-26)20(28)29)9-16(27)22-13-3-1-2-11(8-13)17-18(30)23-24-19(17)31;/h1-8,15,17,26H,9-10H2,(H,22,27)(H,23,30)(H,24,31)(H,28,29);/q;+1/p-1. The van der Waals surface area contributed by atoms with Gasteiger partial charge in [0.15, 0.2) is 0 Å². The SMILES string of the molecule is O=C(CN(c1ccc(Cl)cc1)C(CO)C(=O)[O-])Nc1cccc(C2C(=S)NNC2=S)c1.[Na+]. The van der Waals surface area contributed by atoms with Crippen LogP contribution in [0, 0.1) is 0 Å². The third-order valence-electron chi connectivity index (χ3n) is 4.63. The van der Waals surface area contributed by atoms with Crippen molar-refractivity contribution in [1.82, 2.24) is 10.9 Å². The monoisotopic (exact) mass is 500 g/mol. The Balaban J connectivity index is 0.00000363. The largest absolute Gasteiger partial charge is 1.00 e. The molecule has 1 amide bonds. The maximum absolute atomic E-state index is 12.7. The molecule has 0 bridgehead atoms. The van der Waals surface area contributed by atoms with Crippen LogP contribution in [0.25, 0.3) is 0 Å². The summed E-state index contributed by atoms with van der Waals surface area (Å²) in [5.74, 6) is -2.29. The number of carbonyl (C=O) groups is 2. The molecule has 12 heteroatoms. The molecular formula is C20H18ClN4NaO4S2. The van der Waals surface area contributed by atoms with Gasteiger partial charge in [-0.2, -0.15) is 0 Å². The normalized spacial score (nSPS) is 14.1. The number of rotatable bonds is 8. The van der Waals surface area contributed by atoms with Crippen LogP contribution in [0.5, 0.6) is 0 Å². The van der Waals surface area contributed by atoms with E-state index in [1.54, 1.807) is 42.5 Å². The summed E-state index contributed by atoms with van der Waals surface area (Å²) in [6.07, 6.45) is 0. The van der Waals surface area contributed by atoms with Crippen LogP contribution >= 0.6 is 36.0 Å². The second-order valence-electron chi connectivity index (χ2n) is 6.71. The summed E-state index contributed by atoms with van der Waals surface area (Å²) in [5, 5.41) is 24.2. The van der Waals surface area contributed by atoms with E-state index < -0.39 is 24.5 Å². The fraction of sp³-hybridized carbons (Fsp3) is 0.200. The Labute approximate surface area is 222 Å². The maximum Gasteiger partial charge on any atom is 1.00 e. The van der Waals surface area contributed by atoms with Gasteiger partial charge in [0.05, 0.1) is 31.1 Å². The Morgan fingerprint density at radius 3 is 2.34 bits per heavy atom. The van der Waals surface area contributed by atoms with Crippen LogP contribution in [0.1, 0.15) is 11.5 Å². The summed E-state index contributed by atoms with van der Waals surface area (Å²) >= 11 is 16.4. The van der Waals surface area contributed by atoms with E-state index in [0.717, 1.165) is 5.56 Å². The van der Waals surface area contributed by atoms with Gasteiger partial charge in [-0.15, -0.1) is 0 Å². The number of aliphatic hydroxyl groups is 1. The van der Waals surface area contributed by atoms with E-state index in [4.69, 9.17) is 36.0 Å². The number of carboxylic acid groups (broad SMARTS) is 1. The van der Waals surface area contributed by atoms with Gasteiger partial charge < -0.3 is 25.2 Å². The number of thiocarbonyl (C=S) groups is 2. The Morgan fingerprint density at radius 1 is 1.16 bits per heavy atom. The number of benzene rings is 2. The Hall–Kier alpha value is -1.79. The molecule has 0 aliphatic carbocycles. The Bertz CT molecular complexity index is 1010. The summed E-state index contributed by atoms with van der Waals surface area (Å²) in [6.45, 7) is -1.07. The molecule has 1 aliphatic heterocycles. The summed E-state index contributed by atoms with van der Waals surface area (Å²) in [7, 11) is 0. The van der Waals surface area contributed by atoms with Crippen LogP contribution < -0.4 is 55.7 Å². The number of nitrogens with one attached hydrogen (secondary N) is 3. The van der Waals surface area contributed by atoms with Crippen LogP contribution in [0.15, 0.2) is 48.5 Å². The topological polar surface area (TPSA) is 117 Å². The number of anilines is 2. The third kappa shape index (κ3) is 6.38. The predicted molar refractivity (Wildman–Crippen MR) is 124 cm³/mol. The summed E-state index contributed by atoms with van der Waals surface area (Å²) in [4.78, 5) is 26.5. The number of carbonyl (C=O) groups excluding carboxylic acids is 2. The molecule has 1 aliphatic rings. The Kier molecular flexibility index (Phi) is 9.83. The molecule has 0 radical (unpaired) electrons. The molecule has 1 heterocycles. The molecule has 0 spiro atoms. The minimum absolute atomic E-state index is 0. The van der Waals surface area contributed by atoms with Gasteiger partial charge in [0, 0.05) is 16.4 Å². The minimum atomic E-state index is -1.50. The van der Waals surface area contributed by atoms with Crippen LogP contribution in [0.3, 0.4) is 0 Å². The van der Waals surface area contributed by atoms with E-state index in [2.05, 4.69) is 16.2 Å². The van der Waals surface area contributed by atoms with E-state index in [0.29, 0.717) is 26.4 Å². The Morgan fingerprint density at radius 2 is 1.78 bits per heavy atom. The van der Waals surface area contributed by atoms with E-state index >= 15 is 0 Å². The fourth-order valence-corrected chi connectivity index (χ4v) is 3.97. The molecule has 8 nitrogen and oxygen atoms in total. The number of hydrazine groups is 1. The third-order valence-corrected chi connectivity index (χ3v) is 5.56. The zero-order valence-corrected chi connectivity index (χ0v) is 21.4. The first-order valence-corrected chi connectivity index (χ1v) is 10.3. The predicted octanol–water partition coefficient (Wildman–Crippen LogP) is -2.25. The zero-order valence-electron chi connectivity index (χ0n) is 17.0. The van der Waals surface area contributed by atoms with Crippen molar-refractivity contribution in [2.24, 2.45) is 0 Å². The van der Waals surface area contributed by atoms with Crippen LogP contribution in [-0.4, -0.2) is 46.2 Å². The number of carboxylic acids is 1. The second-order valence-corrected chi connectivity index (χ2v) is 8.02. The molecule has 1 saturated heterocycles. The second kappa shape index (κ2) is 11.9.